The topological polar surface area (TPSA) is 73.7 Å². The highest BCUT2D eigenvalue weighted by atomic mass is 15.3. The summed E-state index contributed by atoms with van der Waals surface area (Å²) in [6, 6.07) is 0.0337. The van der Waals surface area contributed by atoms with Gasteiger partial charge in [0.15, 0.2) is 0 Å². The SMILES string of the molecule is CCn1ccnc1CC(NN)c1cnn(C)c1C. The molecule has 18 heavy (non-hydrogen) atoms. The number of imidazole rings is 1. The summed E-state index contributed by atoms with van der Waals surface area (Å²) in [6.07, 6.45) is 6.42. The van der Waals surface area contributed by atoms with Gasteiger partial charge < -0.3 is 4.57 Å². The Balaban J connectivity index is 2.22. The normalized spacial score (nSPS) is 12.9. The van der Waals surface area contributed by atoms with Crippen LogP contribution in [0.3, 0.4) is 0 Å². The highest BCUT2D eigenvalue weighted by molar-refractivity contribution is 5.21. The fourth-order valence-corrected chi connectivity index (χ4v) is 2.12. The Morgan fingerprint density at radius 1 is 1.50 bits per heavy atom. The first-order valence-electron chi connectivity index (χ1n) is 6.12. The van der Waals surface area contributed by atoms with Gasteiger partial charge >= 0.3 is 0 Å². The molecule has 2 aromatic heterocycles. The van der Waals surface area contributed by atoms with Crippen molar-refractivity contribution < 1.29 is 0 Å². The third-order valence-electron chi connectivity index (χ3n) is 3.38. The van der Waals surface area contributed by atoms with Gasteiger partial charge in [-0.15, -0.1) is 0 Å². The molecule has 6 heteroatoms. The number of nitrogens with two attached hydrogens (primary N) is 1. The standard InChI is InChI=1S/C12H20N6/c1-4-18-6-5-14-12(18)7-11(16-13)10-8-15-17(3)9(10)2/h5-6,8,11,16H,4,7,13H2,1-3H3. The van der Waals surface area contributed by atoms with E-state index < -0.39 is 0 Å². The van der Waals surface area contributed by atoms with Crippen molar-refractivity contribution in [2.45, 2.75) is 32.9 Å². The summed E-state index contributed by atoms with van der Waals surface area (Å²) in [5, 5.41) is 4.25. The second-order valence-electron chi connectivity index (χ2n) is 4.36. The van der Waals surface area contributed by atoms with Crippen molar-refractivity contribution in [2.24, 2.45) is 12.9 Å². The van der Waals surface area contributed by atoms with E-state index in [1.54, 1.807) is 0 Å². The zero-order valence-electron chi connectivity index (χ0n) is 11.1. The number of aryl methyl sites for hydroxylation is 2. The molecule has 0 amide bonds. The number of aromatic nitrogens is 4. The van der Waals surface area contributed by atoms with Gasteiger partial charge in [-0.05, 0) is 13.8 Å². The molecule has 0 fully saturated rings. The lowest BCUT2D eigenvalue weighted by molar-refractivity contribution is 0.520. The van der Waals surface area contributed by atoms with Gasteiger partial charge in [0.1, 0.15) is 5.82 Å². The first kappa shape index (κ1) is 12.8. The van der Waals surface area contributed by atoms with E-state index in [0.717, 1.165) is 30.0 Å². The van der Waals surface area contributed by atoms with E-state index in [0.29, 0.717) is 0 Å². The Hall–Kier alpha value is -1.66. The number of rotatable bonds is 5. The molecule has 2 heterocycles. The Labute approximate surface area is 107 Å². The van der Waals surface area contributed by atoms with Crippen LogP contribution in [0.25, 0.3) is 0 Å². The molecule has 2 rings (SSSR count). The molecule has 0 aliphatic rings. The molecule has 0 aliphatic heterocycles. The van der Waals surface area contributed by atoms with E-state index in [4.69, 9.17) is 5.84 Å². The summed E-state index contributed by atoms with van der Waals surface area (Å²) in [5.74, 6) is 6.70. The third kappa shape index (κ3) is 2.30. The molecular formula is C12H20N6. The summed E-state index contributed by atoms with van der Waals surface area (Å²) >= 11 is 0. The fraction of sp³-hybridized carbons (Fsp3) is 0.500. The summed E-state index contributed by atoms with van der Waals surface area (Å²) in [4.78, 5) is 4.38. The van der Waals surface area contributed by atoms with Crippen LogP contribution in [-0.4, -0.2) is 19.3 Å². The lowest BCUT2D eigenvalue weighted by Gasteiger charge is -2.16. The minimum absolute atomic E-state index is 0.0337. The van der Waals surface area contributed by atoms with Crippen molar-refractivity contribution >= 4 is 0 Å². The largest absolute Gasteiger partial charge is 0.335 e. The summed E-state index contributed by atoms with van der Waals surface area (Å²) < 4.78 is 3.97. The number of hydrogen-bond acceptors (Lipinski definition) is 4. The van der Waals surface area contributed by atoms with E-state index in [-0.39, 0.29) is 6.04 Å². The maximum Gasteiger partial charge on any atom is 0.110 e. The smallest absolute Gasteiger partial charge is 0.110 e. The van der Waals surface area contributed by atoms with Crippen LogP contribution >= 0.6 is 0 Å². The Kier molecular flexibility index (Phi) is 3.78. The lowest BCUT2D eigenvalue weighted by Crippen LogP contribution is -2.30. The van der Waals surface area contributed by atoms with Crippen molar-refractivity contribution in [3.05, 3.63) is 35.7 Å². The predicted octanol–water partition coefficient (Wildman–Crippen LogP) is 0.692. The average Bonchev–Trinajstić information content (AvgIpc) is 2.95. The average molecular weight is 248 g/mol. The van der Waals surface area contributed by atoms with Crippen LogP contribution in [0.15, 0.2) is 18.6 Å². The summed E-state index contributed by atoms with van der Waals surface area (Å²) in [7, 11) is 1.93. The molecule has 3 N–H and O–H groups in total. The minimum atomic E-state index is 0.0337. The second kappa shape index (κ2) is 5.32. The fourth-order valence-electron chi connectivity index (χ4n) is 2.12. The van der Waals surface area contributed by atoms with Gasteiger partial charge in [-0.1, -0.05) is 0 Å². The van der Waals surface area contributed by atoms with Crippen LogP contribution in [0.5, 0.6) is 0 Å². The number of hydrazine groups is 1. The first-order chi connectivity index (χ1) is 8.67. The molecule has 0 aromatic carbocycles. The molecule has 0 saturated heterocycles. The molecular weight excluding hydrogens is 228 g/mol. The van der Waals surface area contributed by atoms with Crippen molar-refractivity contribution in [1.82, 2.24) is 24.8 Å². The highest BCUT2D eigenvalue weighted by Gasteiger charge is 2.18. The predicted molar refractivity (Wildman–Crippen MR) is 69.6 cm³/mol. The van der Waals surface area contributed by atoms with Gasteiger partial charge in [0, 0.05) is 43.7 Å². The van der Waals surface area contributed by atoms with E-state index in [9.17, 15) is 0 Å². The molecule has 2 aromatic rings. The van der Waals surface area contributed by atoms with Gasteiger partial charge in [-0.2, -0.15) is 5.10 Å². The molecule has 0 aliphatic carbocycles. The van der Waals surface area contributed by atoms with E-state index in [1.165, 1.54) is 0 Å². The quantitative estimate of drug-likeness (QED) is 0.603. The van der Waals surface area contributed by atoms with Crippen LogP contribution in [0.2, 0.25) is 0 Å². The molecule has 0 saturated carbocycles. The molecule has 0 spiro atoms. The van der Waals surface area contributed by atoms with Crippen LogP contribution in [0.4, 0.5) is 0 Å². The van der Waals surface area contributed by atoms with Crippen molar-refractivity contribution in [1.29, 1.82) is 0 Å². The van der Waals surface area contributed by atoms with Gasteiger partial charge in [-0.25, -0.2) is 4.98 Å². The van der Waals surface area contributed by atoms with Crippen molar-refractivity contribution in [2.75, 3.05) is 0 Å². The summed E-state index contributed by atoms with van der Waals surface area (Å²) in [6.45, 7) is 5.06. The Morgan fingerprint density at radius 2 is 2.28 bits per heavy atom. The number of nitrogens with zero attached hydrogens (tertiary/aromatic N) is 4. The number of nitrogens with one attached hydrogen (secondary N) is 1. The molecule has 0 bridgehead atoms. The highest BCUT2D eigenvalue weighted by Crippen LogP contribution is 2.19. The lowest BCUT2D eigenvalue weighted by atomic mass is 10.1. The Bertz CT molecular complexity index is 512. The monoisotopic (exact) mass is 248 g/mol. The molecule has 1 unspecified atom stereocenters. The summed E-state index contributed by atoms with van der Waals surface area (Å²) in [5.41, 5.74) is 5.09. The second-order valence-corrected chi connectivity index (χ2v) is 4.36. The zero-order valence-corrected chi connectivity index (χ0v) is 11.1. The molecule has 0 radical (unpaired) electrons. The van der Waals surface area contributed by atoms with Crippen LogP contribution in [0.1, 0.15) is 30.0 Å². The van der Waals surface area contributed by atoms with Gasteiger partial charge in [0.2, 0.25) is 0 Å². The van der Waals surface area contributed by atoms with Crippen LogP contribution in [-0.2, 0) is 20.0 Å². The molecule has 1 atom stereocenters. The maximum absolute atomic E-state index is 5.67. The van der Waals surface area contributed by atoms with Gasteiger partial charge in [0.25, 0.3) is 0 Å². The number of hydrogen-bond donors (Lipinski definition) is 2. The van der Waals surface area contributed by atoms with Crippen LogP contribution in [0, 0.1) is 6.92 Å². The van der Waals surface area contributed by atoms with Crippen molar-refractivity contribution in [3.8, 4) is 0 Å². The maximum atomic E-state index is 5.67. The van der Waals surface area contributed by atoms with Gasteiger partial charge in [-0.3, -0.25) is 16.0 Å². The van der Waals surface area contributed by atoms with E-state index >= 15 is 0 Å². The third-order valence-corrected chi connectivity index (χ3v) is 3.38. The first-order valence-corrected chi connectivity index (χ1v) is 6.12. The van der Waals surface area contributed by atoms with Gasteiger partial charge in [0.05, 0.1) is 12.2 Å². The van der Waals surface area contributed by atoms with Crippen LogP contribution < -0.4 is 11.3 Å². The minimum Gasteiger partial charge on any atom is -0.335 e. The zero-order chi connectivity index (χ0) is 13.1. The molecule has 98 valence electrons. The Morgan fingerprint density at radius 3 is 2.83 bits per heavy atom. The van der Waals surface area contributed by atoms with E-state index in [2.05, 4.69) is 27.0 Å². The van der Waals surface area contributed by atoms with Crippen molar-refractivity contribution in [3.63, 3.8) is 0 Å². The van der Waals surface area contributed by atoms with E-state index in [1.807, 2.05) is 37.2 Å². The molecule has 6 nitrogen and oxygen atoms in total.